The molecule has 8 heteroatoms. The van der Waals surface area contributed by atoms with Crippen LogP contribution in [0.1, 0.15) is 5.56 Å². The van der Waals surface area contributed by atoms with Gasteiger partial charge in [0.05, 0.1) is 13.5 Å². The maximum atomic E-state index is 13.9. The summed E-state index contributed by atoms with van der Waals surface area (Å²) in [6.45, 7) is 0.827. The molecule has 0 N–H and O–H groups in total. The molecule has 1 fully saturated rings. The highest BCUT2D eigenvalue weighted by Crippen LogP contribution is 2.21. The number of carbonyl (C=O) groups is 1. The number of nitrogens with zero attached hydrogens (tertiary/aromatic N) is 2. The molecule has 2 aromatic carbocycles. The third-order valence-electron chi connectivity index (χ3n) is 4.54. The molecule has 6 nitrogen and oxygen atoms in total. The number of piperazine rings is 1. The highest BCUT2D eigenvalue weighted by molar-refractivity contribution is 7.89. The number of ether oxygens (including phenoxy) is 1. The summed E-state index contributed by atoms with van der Waals surface area (Å²) < 4.78 is 45.5. The summed E-state index contributed by atoms with van der Waals surface area (Å²) in [7, 11) is -2.34. The van der Waals surface area contributed by atoms with Gasteiger partial charge < -0.3 is 9.64 Å². The molecule has 27 heavy (non-hydrogen) atoms. The highest BCUT2D eigenvalue weighted by Gasteiger charge is 2.31. The minimum atomic E-state index is -3.91. The van der Waals surface area contributed by atoms with Gasteiger partial charge in [-0.05, 0) is 29.8 Å². The van der Waals surface area contributed by atoms with E-state index in [4.69, 9.17) is 4.74 Å². The van der Waals surface area contributed by atoms with Gasteiger partial charge in [0.1, 0.15) is 16.5 Å². The second-order valence-corrected chi connectivity index (χ2v) is 8.15. The first-order valence-electron chi connectivity index (χ1n) is 8.57. The van der Waals surface area contributed by atoms with Crippen LogP contribution in [0.2, 0.25) is 0 Å². The maximum Gasteiger partial charge on any atom is 0.246 e. The predicted octanol–water partition coefficient (Wildman–Crippen LogP) is 1.91. The van der Waals surface area contributed by atoms with Crippen LogP contribution < -0.4 is 4.74 Å². The largest absolute Gasteiger partial charge is 0.497 e. The van der Waals surface area contributed by atoms with Gasteiger partial charge in [0, 0.05) is 26.2 Å². The van der Waals surface area contributed by atoms with E-state index < -0.39 is 15.8 Å². The lowest BCUT2D eigenvalue weighted by atomic mass is 10.1. The van der Waals surface area contributed by atoms with Crippen LogP contribution in [0.4, 0.5) is 4.39 Å². The Balaban J connectivity index is 1.63. The number of hydrogen-bond acceptors (Lipinski definition) is 4. The summed E-state index contributed by atoms with van der Waals surface area (Å²) in [5, 5.41) is 0. The lowest BCUT2D eigenvalue weighted by Gasteiger charge is -2.34. The number of rotatable bonds is 5. The molecule has 144 valence electrons. The van der Waals surface area contributed by atoms with Gasteiger partial charge in [0.15, 0.2) is 0 Å². The molecule has 0 aromatic heterocycles. The van der Waals surface area contributed by atoms with Crippen molar-refractivity contribution < 1.29 is 22.3 Å². The number of halogens is 1. The lowest BCUT2D eigenvalue weighted by Crippen LogP contribution is -2.51. The van der Waals surface area contributed by atoms with E-state index >= 15 is 0 Å². The van der Waals surface area contributed by atoms with Crippen molar-refractivity contribution in [2.75, 3.05) is 33.3 Å². The molecule has 0 saturated carbocycles. The van der Waals surface area contributed by atoms with Gasteiger partial charge in [-0.25, -0.2) is 12.8 Å². The average Bonchev–Trinajstić information content (AvgIpc) is 2.68. The van der Waals surface area contributed by atoms with Gasteiger partial charge in [-0.1, -0.05) is 24.3 Å². The summed E-state index contributed by atoms with van der Waals surface area (Å²) in [5.74, 6) is -0.165. The molecule has 1 aliphatic rings. The van der Waals surface area contributed by atoms with Crippen LogP contribution in [0.5, 0.6) is 5.75 Å². The van der Waals surface area contributed by atoms with E-state index in [-0.39, 0.29) is 43.4 Å². The number of carbonyl (C=O) groups excluding carboxylic acids is 1. The Labute approximate surface area is 158 Å². The number of methoxy groups -OCH3 is 1. The molecular weight excluding hydrogens is 371 g/mol. The monoisotopic (exact) mass is 392 g/mol. The summed E-state index contributed by atoms with van der Waals surface area (Å²) in [6.07, 6.45) is 0.220. The Morgan fingerprint density at radius 1 is 1.07 bits per heavy atom. The third kappa shape index (κ3) is 4.28. The van der Waals surface area contributed by atoms with Crippen LogP contribution in [0, 0.1) is 5.82 Å². The first kappa shape index (κ1) is 19.3. The van der Waals surface area contributed by atoms with Gasteiger partial charge in [-0.3, -0.25) is 4.79 Å². The molecule has 0 atom stereocenters. The smallest absolute Gasteiger partial charge is 0.246 e. The zero-order valence-corrected chi connectivity index (χ0v) is 15.8. The Morgan fingerprint density at radius 2 is 1.78 bits per heavy atom. The fourth-order valence-corrected chi connectivity index (χ4v) is 4.53. The van der Waals surface area contributed by atoms with Crippen molar-refractivity contribution in [3.8, 4) is 5.75 Å². The fraction of sp³-hybridized carbons (Fsp3) is 0.316. The minimum absolute atomic E-state index is 0.0776. The SMILES string of the molecule is COc1cccc(CC(=O)N2CCN(S(=O)(=O)c3ccccc3F)CC2)c1. The number of amides is 1. The van der Waals surface area contributed by atoms with Gasteiger partial charge in [-0.15, -0.1) is 0 Å². The Kier molecular flexibility index (Phi) is 5.76. The van der Waals surface area contributed by atoms with Crippen molar-refractivity contribution in [1.29, 1.82) is 0 Å². The van der Waals surface area contributed by atoms with E-state index in [0.717, 1.165) is 11.6 Å². The first-order valence-corrected chi connectivity index (χ1v) is 10.0. The molecule has 1 heterocycles. The molecule has 0 spiro atoms. The minimum Gasteiger partial charge on any atom is -0.497 e. The Bertz CT molecular complexity index is 925. The van der Waals surface area contributed by atoms with Crippen LogP contribution in [-0.2, 0) is 21.2 Å². The van der Waals surface area contributed by atoms with E-state index in [1.54, 1.807) is 24.1 Å². The molecule has 0 aliphatic carbocycles. The summed E-state index contributed by atoms with van der Waals surface area (Å²) in [4.78, 5) is 13.8. The standard InChI is InChI=1S/C19H21FN2O4S/c1-26-16-6-4-5-15(13-16)14-19(23)21-9-11-22(12-10-21)27(24,25)18-8-3-2-7-17(18)20/h2-8,13H,9-12,14H2,1H3. The van der Waals surface area contributed by atoms with Crippen LogP contribution in [0.25, 0.3) is 0 Å². The molecule has 1 amide bonds. The van der Waals surface area contributed by atoms with Gasteiger partial charge in [-0.2, -0.15) is 4.31 Å². The van der Waals surface area contributed by atoms with E-state index in [0.29, 0.717) is 5.75 Å². The van der Waals surface area contributed by atoms with Crippen molar-refractivity contribution in [3.05, 3.63) is 59.9 Å². The van der Waals surface area contributed by atoms with E-state index in [1.807, 2.05) is 12.1 Å². The Hall–Kier alpha value is -2.45. The summed E-state index contributed by atoms with van der Waals surface area (Å²) in [5.41, 5.74) is 0.834. The van der Waals surface area contributed by atoms with E-state index in [2.05, 4.69) is 0 Å². The van der Waals surface area contributed by atoms with Gasteiger partial charge >= 0.3 is 0 Å². The van der Waals surface area contributed by atoms with Crippen molar-refractivity contribution >= 4 is 15.9 Å². The molecule has 1 saturated heterocycles. The normalized spacial score (nSPS) is 15.6. The molecule has 2 aromatic rings. The van der Waals surface area contributed by atoms with Crippen molar-refractivity contribution in [2.24, 2.45) is 0 Å². The molecule has 3 rings (SSSR count). The average molecular weight is 392 g/mol. The molecule has 0 bridgehead atoms. The zero-order valence-electron chi connectivity index (χ0n) is 15.0. The topological polar surface area (TPSA) is 66.9 Å². The van der Waals surface area contributed by atoms with Gasteiger partial charge in [0.25, 0.3) is 0 Å². The fourth-order valence-electron chi connectivity index (χ4n) is 3.04. The third-order valence-corrected chi connectivity index (χ3v) is 6.47. The Morgan fingerprint density at radius 3 is 2.44 bits per heavy atom. The number of hydrogen-bond donors (Lipinski definition) is 0. The van der Waals surface area contributed by atoms with Crippen molar-refractivity contribution in [2.45, 2.75) is 11.3 Å². The van der Waals surface area contributed by atoms with Crippen LogP contribution in [0.15, 0.2) is 53.4 Å². The van der Waals surface area contributed by atoms with Crippen LogP contribution in [-0.4, -0.2) is 56.8 Å². The second-order valence-electron chi connectivity index (χ2n) is 6.24. The predicted molar refractivity (Wildman–Crippen MR) is 98.4 cm³/mol. The summed E-state index contributed by atoms with van der Waals surface area (Å²) >= 11 is 0. The lowest BCUT2D eigenvalue weighted by molar-refractivity contribution is -0.131. The molecule has 1 aliphatic heterocycles. The quantitative estimate of drug-likeness (QED) is 0.780. The maximum absolute atomic E-state index is 13.9. The molecule has 0 unspecified atom stereocenters. The van der Waals surface area contributed by atoms with Crippen LogP contribution in [0.3, 0.4) is 0 Å². The molecule has 0 radical (unpaired) electrons. The van der Waals surface area contributed by atoms with Gasteiger partial charge in [0.2, 0.25) is 15.9 Å². The van der Waals surface area contributed by atoms with E-state index in [1.165, 1.54) is 22.5 Å². The highest BCUT2D eigenvalue weighted by atomic mass is 32.2. The molecular formula is C19H21FN2O4S. The first-order chi connectivity index (χ1) is 12.9. The van der Waals surface area contributed by atoms with Crippen LogP contribution >= 0.6 is 0 Å². The second kappa shape index (κ2) is 8.06. The van der Waals surface area contributed by atoms with E-state index in [9.17, 15) is 17.6 Å². The summed E-state index contributed by atoms with van der Waals surface area (Å²) in [6, 6.07) is 12.6. The van der Waals surface area contributed by atoms with Crippen molar-refractivity contribution in [3.63, 3.8) is 0 Å². The number of benzene rings is 2. The number of sulfonamides is 1. The zero-order chi connectivity index (χ0) is 19.4. The van der Waals surface area contributed by atoms with Crippen molar-refractivity contribution in [1.82, 2.24) is 9.21 Å².